The first-order chi connectivity index (χ1) is 20.6. The van der Waals surface area contributed by atoms with Crippen LogP contribution in [0.5, 0.6) is 0 Å². The minimum absolute atomic E-state index is 0.0424. The summed E-state index contributed by atoms with van der Waals surface area (Å²) in [4.78, 5) is 25.3. The van der Waals surface area contributed by atoms with E-state index in [9.17, 15) is 19.8 Å². The number of nitrogens with one attached hydrogen (secondary N) is 1. The van der Waals surface area contributed by atoms with E-state index in [-0.39, 0.29) is 30.8 Å². The first-order valence-electron chi connectivity index (χ1n) is 14.7. The number of hydrogen-bond acceptors (Lipinski definition) is 4. The summed E-state index contributed by atoms with van der Waals surface area (Å²) in [5.74, 6) is -1.31. The van der Waals surface area contributed by atoms with Crippen molar-refractivity contribution in [2.45, 2.75) is 70.7 Å². The zero-order valence-electron chi connectivity index (χ0n) is 24.9. The van der Waals surface area contributed by atoms with Crippen LogP contribution < -0.4 is 10.6 Å². The maximum absolute atomic E-state index is 14.3. The highest BCUT2D eigenvalue weighted by Crippen LogP contribution is 2.42. The number of amides is 1. The molecular formula is C35H41N2O5P. The van der Waals surface area contributed by atoms with Gasteiger partial charge >= 0.3 is 5.97 Å². The van der Waals surface area contributed by atoms with Gasteiger partial charge in [0.2, 0.25) is 0 Å². The lowest BCUT2D eigenvalue weighted by molar-refractivity contribution is -0.139. The van der Waals surface area contributed by atoms with Crippen molar-refractivity contribution in [2.24, 2.45) is 0 Å². The first kappa shape index (κ1) is 32.2. The molecule has 4 atom stereocenters. The van der Waals surface area contributed by atoms with Gasteiger partial charge in [0.15, 0.2) is 0 Å². The van der Waals surface area contributed by atoms with Gasteiger partial charge in [-0.3, -0.25) is 9.59 Å². The first-order valence-corrected chi connectivity index (χ1v) is 15.3. The van der Waals surface area contributed by atoms with Gasteiger partial charge in [0.1, 0.15) is 5.69 Å². The number of carbonyl (C=O) groups excluding carboxylic acids is 1. The van der Waals surface area contributed by atoms with E-state index >= 15 is 0 Å². The molecule has 1 aromatic heterocycles. The van der Waals surface area contributed by atoms with Crippen LogP contribution >= 0.6 is 9.24 Å². The fourth-order valence-corrected chi connectivity index (χ4v) is 5.83. The maximum atomic E-state index is 14.3. The van der Waals surface area contributed by atoms with Crippen LogP contribution in [0.2, 0.25) is 0 Å². The van der Waals surface area contributed by atoms with E-state index in [2.05, 4.69) is 19.1 Å². The second kappa shape index (κ2) is 14.6. The van der Waals surface area contributed by atoms with Gasteiger partial charge in [-0.2, -0.15) is 0 Å². The number of carboxylic acids is 1. The molecule has 3 unspecified atom stereocenters. The Morgan fingerprint density at radius 1 is 0.814 bits per heavy atom. The fraction of sp³-hybridized carbons (Fsp3) is 0.314. The van der Waals surface area contributed by atoms with Crippen LogP contribution in [0.1, 0.15) is 73.9 Å². The number of nitrogens with zero attached hydrogens (tertiary/aromatic N) is 1. The number of aromatic nitrogens is 1. The SMILES string of the molecule is CC(C)n1c(CCC(O)CC(O)CC(=O)O)c(-c2ccc(P)cc2)c(-c2ccccc2)c1C(=O)N[C@@H](C)c1ccccc1. The lowest BCUT2D eigenvalue weighted by atomic mass is 9.92. The summed E-state index contributed by atoms with van der Waals surface area (Å²) >= 11 is 0. The average Bonchev–Trinajstić information content (AvgIpc) is 3.32. The van der Waals surface area contributed by atoms with Gasteiger partial charge in [0.25, 0.3) is 5.91 Å². The summed E-state index contributed by atoms with van der Waals surface area (Å²) in [6.45, 7) is 6.05. The molecule has 0 radical (unpaired) electrons. The number of aliphatic hydroxyl groups excluding tert-OH is 2. The lowest BCUT2D eigenvalue weighted by Crippen LogP contribution is -2.30. The van der Waals surface area contributed by atoms with Gasteiger partial charge in [-0.25, -0.2) is 0 Å². The summed E-state index contributed by atoms with van der Waals surface area (Å²) in [5, 5.41) is 34.2. The van der Waals surface area contributed by atoms with Crippen molar-refractivity contribution in [1.29, 1.82) is 0 Å². The topological polar surface area (TPSA) is 112 Å². The molecule has 4 rings (SSSR count). The Bertz CT molecular complexity index is 1520. The van der Waals surface area contributed by atoms with E-state index in [1.807, 2.05) is 106 Å². The zero-order valence-corrected chi connectivity index (χ0v) is 26.1. The number of carboxylic acid groups (broad SMARTS) is 1. The van der Waals surface area contributed by atoms with E-state index in [1.54, 1.807) is 0 Å². The van der Waals surface area contributed by atoms with Crippen molar-refractivity contribution >= 4 is 26.4 Å². The minimum atomic E-state index is -1.14. The van der Waals surface area contributed by atoms with E-state index in [4.69, 9.17) is 5.11 Å². The standard InChI is InChI=1S/C35H41N2O5P/c1-22(2)37-30(19-16-27(38)20-28(39)21-31(40)41)32(26-14-17-29(43)18-15-26)33(25-12-8-5-9-13-25)34(37)35(42)36-23(3)24-10-6-4-7-11-24/h4-15,17-18,22-23,27-28,38-39H,16,19-21,43H2,1-3H3,(H,36,42)(H,40,41)/t23-,27?,28?/m0/s1. The molecule has 0 saturated heterocycles. The molecule has 0 spiro atoms. The van der Waals surface area contributed by atoms with Crippen LogP contribution in [0.25, 0.3) is 22.3 Å². The van der Waals surface area contributed by atoms with E-state index < -0.39 is 24.6 Å². The number of aliphatic carboxylic acids is 1. The normalized spacial score (nSPS) is 13.5. The monoisotopic (exact) mass is 600 g/mol. The maximum Gasteiger partial charge on any atom is 0.305 e. The molecular weight excluding hydrogens is 559 g/mol. The molecule has 0 aliphatic carbocycles. The van der Waals surface area contributed by atoms with Crippen molar-refractivity contribution in [2.75, 3.05) is 0 Å². The van der Waals surface area contributed by atoms with Crippen molar-refractivity contribution in [3.63, 3.8) is 0 Å². The quantitative estimate of drug-likeness (QED) is 0.143. The minimum Gasteiger partial charge on any atom is -0.481 e. The van der Waals surface area contributed by atoms with Gasteiger partial charge in [-0.1, -0.05) is 84.9 Å². The number of hydrogen-bond donors (Lipinski definition) is 4. The van der Waals surface area contributed by atoms with Crippen molar-refractivity contribution in [3.8, 4) is 22.3 Å². The summed E-state index contributed by atoms with van der Waals surface area (Å²) < 4.78 is 2.07. The molecule has 43 heavy (non-hydrogen) atoms. The van der Waals surface area contributed by atoms with E-state index in [0.717, 1.165) is 38.8 Å². The number of benzene rings is 3. The number of rotatable bonds is 13. The predicted octanol–water partition coefficient (Wildman–Crippen LogP) is 5.91. The van der Waals surface area contributed by atoms with Gasteiger partial charge in [0, 0.05) is 22.9 Å². The highest BCUT2D eigenvalue weighted by Gasteiger charge is 2.31. The summed E-state index contributed by atoms with van der Waals surface area (Å²) in [6.07, 6.45) is -1.81. The molecule has 3 aromatic carbocycles. The molecule has 7 nitrogen and oxygen atoms in total. The largest absolute Gasteiger partial charge is 0.481 e. The van der Waals surface area contributed by atoms with Gasteiger partial charge < -0.3 is 25.2 Å². The second-order valence-electron chi connectivity index (χ2n) is 11.3. The lowest BCUT2D eigenvalue weighted by Gasteiger charge is -2.21. The van der Waals surface area contributed by atoms with Crippen molar-refractivity contribution in [3.05, 3.63) is 102 Å². The van der Waals surface area contributed by atoms with Crippen LogP contribution in [0.4, 0.5) is 0 Å². The summed E-state index contributed by atoms with van der Waals surface area (Å²) in [7, 11) is 2.70. The smallest absolute Gasteiger partial charge is 0.305 e. The van der Waals surface area contributed by atoms with E-state index in [1.165, 1.54) is 0 Å². The van der Waals surface area contributed by atoms with Crippen molar-refractivity contribution < 1.29 is 24.9 Å². The highest BCUT2D eigenvalue weighted by atomic mass is 31.0. The Hall–Kier alpha value is -3.77. The molecule has 1 amide bonds. The molecule has 0 aliphatic rings. The molecule has 4 aromatic rings. The molecule has 4 N–H and O–H groups in total. The molecule has 226 valence electrons. The van der Waals surface area contributed by atoms with Crippen LogP contribution in [0.15, 0.2) is 84.9 Å². The Kier molecular flexibility index (Phi) is 10.9. The van der Waals surface area contributed by atoms with Crippen LogP contribution in [0.3, 0.4) is 0 Å². The molecule has 0 saturated carbocycles. The second-order valence-corrected chi connectivity index (χ2v) is 11.9. The molecule has 1 heterocycles. The summed E-state index contributed by atoms with van der Waals surface area (Å²) in [5.41, 5.74) is 6.03. The van der Waals surface area contributed by atoms with Crippen molar-refractivity contribution in [1.82, 2.24) is 9.88 Å². The van der Waals surface area contributed by atoms with E-state index in [0.29, 0.717) is 12.1 Å². The fourth-order valence-electron chi connectivity index (χ4n) is 5.63. The zero-order chi connectivity index (χ0) is 31.1. The number of aliphatic hydroxyl groups is 2. The highest BCUT2D eigenvalue weighted by molar-refractivity contribution is 7.27. The van der Waals surface area contributed by atoms with Gasteiger partial charge in [0.05, 0.1) is 24.7 Å². The molecule has 8 heteroatoms. The Morgan fingerprint density at radius 3 is 1.98 bits per heavy atom. The molecule has 0 bridgehead atoms. The Balaban J connectivity index is 1.87. The average molecular weight is 601 g/mol. The predicted molar refractivity (Wildman–Crippen MR) is 175 cm³/mol. The Labute approximate surface area is 255 Å². The molecule has 0 fully saturated rings. The Morgan fingerprint density at radius 2 is 1.40 bits per heavy atom. The third-order valence-corrected chi connectivity index (χ3v) is 8.00. The molecule has 0 aliphatic heterocycles. The third kappa shape index (κ3) is 7.99. The van der Waals surface area contributed by atoms with Gasteiger partial charge in [-0.05, 0) is 62.0 Å². The van der Waals surface area contributed by atoms with Crippen LogP contribution in [-0.4, -0.2) is 44.0 Å². The van der Waals surface area contributed by atoms with Crippen LogP contribution in [-0.2, 0) is 11.2 Å². The number of carbonyl (C=O) groups is 2. The summed E-state index contributed by atoms with van der Waals surface area (Å²) in [6, 6.07) is 27.5. The van der Waals surface area contributed by atoms with Crippen LogP contribution in [0, 0.1) is 0 Å². The third-order valence-electron chi connectivity index (χ3n) is 7.62. The van der Waals surface area contributed by atoms with Gasteiger partial charge in [-0.15, -0.1) is 9.24 Å².